The van der Waals surface area contributed by atoms with Crippen molar-refractivity contribution in [3.8, 4) is 0 Å². The quantitative estimate of drug-likeness (QED) is 0.431. The summed E-state index contributed by atoms with van der Waals surface area (Å²) in [7, 11) is 1.71. The van der Waals surface area contributed by atoms with E-state index in [-0.39, 0.29) is 17.8 Å². The highest BCUT2D eigenvalue weighted by Crippen LogP contribution is 2.48. The first kappa shape index (κ1) is 21.5. The molecule has 0 N–H and O–H groups in total. The second kappa shape index (κ2) is 8.41. The fourth-order valence-electron chi connectivity index (χ4n) is 4.96. The van der Waals surface area contributed by atoms with Crippen molar-refractivity contribution in [1.82, 2.24) is 0 Å². The summed E-state index contributed by atoms with van der Waals surface area (Å²) in [6.45, 7) is 8.87. The third-order valence-electron chi connectivity index (χ3n) is 7.13. The molecule has 1 aliphatic rings. The van der Waals surface area contributed by atoms with Gasteiger partial charge in [-0.3, -0.25) is 0 Å². The standard InChI is InChI=1S/C26H31FO2S/c1-6-24-17(3)16(2)18(4)26(28-5,29-24)21-11-12-23(27)20(13-21)15-22-14-19-9-7-8-10-25(19)30-22/h7-14,16-18,24H,6,15H2,1-5H3. The Morgan fingerprint density at radius 1 is 1.07 bits per heavy atom. The fraction of sp³-hybridized carbons (Fsp3) is 0.462. The van der Waals surface area contributed by atoms with Gasteiger partial charge in [-0.1, -0.05) is 52.0 Å². The number of hydrogen-bond donors (Lipinski definition) is 0. The van der Waals surface area contributed by atoms with Gasteiger partial charge in [-0.15, -0.1) is 11.3 Å². The van der Waals surface area contributed by atoms with E-state index >= 15 is 0 Å². The first-order chi connectivity index (χ1) is 14.4. The van der Waals surface area contributed by atoms with Crippen LogP contribution >= 0.6 is 11.3 Å². The van der Waals surface area contributed by atoms with Crippen LogP contribution < -0.4 is 0 Å². The van der Waals surface area contributed by atoms with Gasteiger partial charge in [-0.25, -0.2) is 4.39 Å². The summed E-state index contributed by atoms with van der Waals surface area (Å²) in [5.74, 6) is 0.00341. The van der Waals surface area contributed by atoms with Gasteiger partial charge >= 0.3 is 0 Å². The zero-order valence-corrected chi connectivity index (χ0v) is 19.3. The van der Waals surface area contributed by atoms with Crippen LogP contribution in [0.2, 0.25) is 0 Å². The van der Waals surface area contributed by atoms with Crippen molar-refractivity contribution >= 4 is 21.4 Å². The van der Waals surface area contributed by atoms with Crippen LogP contribution in [0.5, 0.6) is 0 Å². The van der Waals surface area contributed by atoms with Crippen LogP contribution in [0.25, 0.3) is 10.1 Å². The first-order valence-corrected chi connectivity index (χ1v) is 11.7. The van der Waals surface area contributed by atoms with Crippen molar-refractivity contribution in [2.45, 2.75) is 52.4 Å². The molecule has 1 fully saturated rings. The maximum Gasteiger partial charge on any atom is 0.197 e. The smallest absolute Gasteiger partial charge is 0.197 e. The molecule has 1 aromatic heterocycles. The van der Waals surface area contributed by atoms with Gasteiger partial charge in [0, 0.05) is 34.6 Å². The largest absolute Gasteiger partial charge is 0.349 e. The van der Waals surface area contributed by atoms with E-state index in [1.165, 1.54) is 10.1 Å². The van der Waals surface area contributed by atoms with Crippen molar-refractivity contribution in [1.29, 1.82) is 0 Å². The van der Waals surface area contributed by atoms with Gasteiger partial charge in [0.2, 0.25) is 0 Å². The Bertz CT molecular complexity index is 994. The molecule has 2 aromatic carbocycles. The van der Waals surface area contributed by atoms with Crippen molar-refractivity contribution < 1.29 is 13.9 Å². The Kier molecular flexibility index (Phi) is 6.02. The molecule has 0 amide bonds. The Balaban J connectivity index is 1.72. The second-order valence-electron chi connectivity index (χ2n) is 8.68. The van der Waals surface area contributed by atoms with E-state index in [4.69, 9.17) is 9.47 Å². The van der Waals surface area contributed by atoms with Crippen molar-refractivity contribution in [2.75, 3.05) is 7.11 Å². The minimum Gasteiger partial charge on any atom is -0.349 e. The van der Waals surface area contributed by atoms with E-state index in [9.17, 15) is 4.39 Å². The molecular formula is C26H31FO2S. The summed E-state index contributed by atoms with van der Waals surface area (Å²) in [6, 6.07) is 15.8. The average Bonchev–Trinajstić information content (AvgIpc) is 3.17. The molecule has 0 radical (unpaired) electrons. The summed E-state index contributed by atoms with van der Waals surface area (Å²) in [4.78, 5) is 1.16. The third-order valence-corrected chi connectivity index (χ3v) is 8.24. The summed E-state index contributed by atoms with van der Waals surface area (Å²) in [5.41, 5.74) is 1.60. The normalized spacial score (nSPS) is 29.4. The Labute approximate surface area is 183 Å². The van der Waals surface area contributed by atoms with E-state index in [1.807, 2.05) is 24.3 Å². The second-order valence-corrected chi connectivity index (χ2v) is 9.84. The molecule has 0 saturated carbocycles. The van der Waals surface area contributed by atoms with Crippen LogP contribution in [0.3, 0.4) is 0 Å². The van der Waals surface area contributed by atoms with Gasteiger partial charge in [0.1, 0.15) is 5.82 Å². The number of benzene rings is 2. The molecular weight excluding hydrogens is 395 g/mol. The molecule has 1 saturated heterocycles. The Hall–Kier alpha value is -1.75. The minimum atomic E-state index is -0.852. The lowest BCUT2D eigenvalue weighted by atomic mass is 9.72. The molecule has 0 aliphatic carbocycles. The lowest BCUT2D eigenvalue weighted by Crippen LogP contribution is -2.52. The Morgan fingerprint density at radius 2 is 1.83 bits per heavy atom. The molecule has 0 spiro atoms. The van der Waals surface area contributed by atoms with Gasteiger partial charge in [0.25, 0.3) is 0 Å². The summed E-state index contributed by atoms with van der Waals surface area (Å²) < 4.78 is 28.7. The highest BCUT2D eigenvalue weighted by molar-refractivity contribution is 7.19. The fourth-order valence-corrected chi connectivity index (χ4v) is 6.04. The van der Waals surface area contributed by atoms with Crippen molar-refractivity contribution in [3.63, 3.8) is 0 Å². The van der Waals surface area contributed by atoms with Gasteiger partial charge < -0.3 is 9.47 Å². The van der Waals surface area contributed by atoms with E-state index in [2.05, 4.69) is 45.9 Å². The van der Waals surface area contributed by atoms with Crippen LogP contribution in [0.15, 0.2) is 48.5 Å². The molecule has 5 atom stereocenters. The zero-order valence-electron chi connectivity index (χ0n) is 18.4. The first-order valence-electron chi connectivity index (χ1n) is 10.9. The Morgan fingerprint density at radius 3 is 2.53 bits per heavy atom. The summed E-state index contributed by atoms with van der Waals surface area (Å²) in [5, 5.41) is 1.21. The maximum atomic E-state index is 14.8. The van der Waals surface area contributed by atoms with Crippen LogP contribution in [-0.4, -0.2) is 13.2 Å². The number of thiophene rings is 1. The predicted molar refractivity (Wildman–Crippen MR) is 122 cm³/mol. The van der Waals surface area contributed by atoms with E-state index in [0.29, 0.717) is 23.8 Å². The molecule has 2 nitrogen and oxygen atoms in total. The third kappa shape index (κ3) is 3.59. The lowest BCUT2D eigenvalue weighted by molar-refractivity contribution is -0.328. The number of ether oxygens (including phenoxy) is 2. The number of methoxy groups -OCH3 is 1. The molecule has 4 rings (SSSR count). The van der Waals surface area contributed by atoms with Crippen molar-refractivity contribution in [3.05, 3.63) is 70.4 Å². The topological polar surface area (TPSA) is 18.5 Å². The van der Waals surface area contributed by atoms with E-state index in [0.717, 1.165) is 16.9 Å². The number of fused-ring (bicyclic) bond motifs is 1. The van der Waals surface area contributed by atoms with Crippen LogP contribution in [0.1, 0.15) is 50.1 Å². The van der Waals surface area contributed by atoms with Gasteiger partial charge in [-0.2, -0.15) is 0 Å². The zero-order chi connectivity index (χ0) is 21.5. The molecule has 30 heavy (non-hydrogen) atoms. The predicted octanol–water partition coefficient (Wildman–Crippen LogP) is 7.15. The highest BCUT2D eigenvalue weighted by Gasteiger charge is 2.50. The minimum absolute atomic E-state index is 0.118. The van der Waals surface area contributed by atoms with E-state index < -0.39 is 5.79 Å². The lowest BCUT2D eigenvalue weighted by Gasteiger charge is -2.51. The SMILES string of the molecule is CCC1OC(OC)(c2ccc(F)c(Cc3cc4ccccc4s3)c2)C(C)C(C)C1C. The van der Waals surface area contributed by atoms with Gasteiger partial charge in [0.05, 0.1) is 6.10 Å². The molecule has 1 aliphatic heterocycles. The molecule has 160 valence electrons. The molecule has 2 heterocycles. The molecule has 5 unspecified atom stereocenters. The maximum absolute atomic E-state index is 14.8. The average molecular weight is 427 g/mol. The number of rotatable bonds is 5. The number of hydrogen-bond acceptors (Lipinski definition) is 3. The summed E-state index contributed by atoms with van der Waals surface area (Å²) in [6.07, 6.45) is 1.61. The molecule has 0 bridgehead atoms. The van der Waals surface area contributed by atoms with Crippen molar-refractivity contribution in [2.24, 2.45) is 17.8 Å². The van der Waals surface area contributed by atoms with Crippen LogP contribution in [-0.2, 0) is 21.7 Å². The van der Waals surface area contributed by atoms with Crippen LogP contribution in [0.4, 0.5) is 4.39 Å². The summed E-state index contributed by atoms with van der Waals surface area (Å²) >= 11 is 1.72. The highest BCUT2D eigenvalue weighted by atomic mass is 32.1. The molecule has 4 heteroatoms. The monoisotopic (exact) mass is 426 g/mol. The van der Waals surface area contributed by atoms with Gasteiger partial charge in [0.15, 0.2) is 5.79 Å². The van der Waals surface area contributed by atoms with Gasteiger partial charge in [-0.05, 0) is 53.5 Å². The van der Waals surface area contributed by atoms with Crippen LogP contribution in [0, 0.1) is 23.6 Å². The molecule has 3 aromatic rings. The number of halogens is 1. The van der Waals surface area contributed by atoms with E-state index in [1.54, 1.807) is 24.5 Å².